The summed E-state index contributed by atoms with van der Waals surface area (Å²) in [5, 5.41) is 0.514. The van der Waals surface area contributed by atoms with Crippen LogP contribution in [0.4, 0.5) is 0 Å². The minimum absolute atomic E-state index is 0.0877. The molecule has 0 radical (unpaired) electrons. The van der Waals surface area contributed by atoms with E-state index in [0.717, 1.165) is 5.56 Å². The molecule has 2 atom stereocenters. The van der Waals surface area contributed by atoms with Crippen LogP contribution >= 0.6 is 11.8 Å². The second-order valence-corrected chi connectivity index (χ2v) is 12.0. The number of ether oxygens (including phenoxy) is 2. The molecule has 2 heterocycles. The van der Waals surface area contributed by atoms with Crippen LogP contribution in [0, 0.1) is 5.41 Å². The zero-order chi connectivity index (χ0) is 21.4. The van der Waals surface area contributed by atoms with E-state index in [4.69, 9.17) is 9.47 Å². The number of amidine groups is 1. The molecule has 0 bridgehead atoms. The Morgan fingerprint density at radius 1 is 1.21 bits per heavy atom. The number of nitrogens with zero attached hydrogens (tertiary/aromatic N) is 2. The Balaban J connectivity index is 1.89. The van der Waals surface area contributed by atoms with Gasteiger partial charge in [-0.3, -0.25) is 4.79 Å². The molecule has 0 N–H and O–H groups in total. The first-order chi connectivity index (χ1) is 13.5. The van der Waals surface area contributed by atoms with Crippen molar-refractivity contribution in [2.45, 2.75) is 45.0 Å². The summed E-state index contributed by atoms with van der Waals surface area (Å²) in [6, 6.07) is 5.42. The van der Waals surface area contributed by atoms with E-state index in [1.165, 1.54) is 11.8 Å². The lowest BCUT2D eigenvalue weighted by molar-refractivity contribution is -0.119. The molecule has 0 spiro atoms. The Morgan fingerprint density at radius 2 is 1.90 bits per heavy atom. The zero-order valence-corrected chi connectivity index (χ0v) is 19.1. The maximum Gasteiger partial charge on any atom is 0.248 e. The van der Waals surface area contributed by atoms with Gasteiger partial charge >= 0.3 is 0 Å². The van der Waals surface area contributed by atoms with Gasteiger partial charge in [-0.25, -0.2) is 8.42 Å². The standard InChI is InChI=1S/C20H28N2O5S2/c1-20(2,3)9-18(23)21-19-22(14-11-29(24,25)12-17(14)28-19)10-13-6-7-15(26-4)16(8-13)27-5/h6-8,14,17H,9-12H2,1-5H3/t14-,17+/m0/s1. The third-order valence-electron chi connectivity index (χ3n) is 4.88. The van der Waals surface area contributed by atoms with Gasteiger partial charge in [0, 0.05) is 18.2 Å². The normalized spacial score (nSPS) is 24.6. The highest BCUT2D eigenvalue weighted by Gasteiger charge is 2.48. The molecule has 1 aromatic carbocycles. The number of fused-ring (bicyclic) bond motifs is 1. The fraction of sp³-hybridized carbons (Fsp3) is 0.600. The minimum Gasteiger partial charge on any atom is -0.493 e. The number of benzene rings is 1. The van der Waals surface area contributed by atoms with Crippen LogP contribution in [0.2, 0.25) is 0 Å². The van der Waals surface area contributed by atoms with Gasteiger partial charge in [-0.2, -0.15) is 4.99 Å². The van der Waals surface area contributed by atoms with Crippen molar-refractivity contribution < 1.29 is 22.7 Å². The highest BCUT2D eigenvalue weighted by molar-refractivity contribution is 8.15. The molecule has 29 heavy (non-hydrogen) atoms. The summed E-state index contributed by atoms with van der Waals surface area (Å²) in [5.41, 5.74) is 0.779. The number of hydrogen-bond donors (Lipinski definition) is 0. The maximum atomic E-state index is 12.5. The number of hydrogen-bond acceptors (Lipinski definition) is 6. The second kappa shape index (κ2) is 8.18. The van der Waals surface area contributed by atoms with E-state index in [1.807, 2.05) is 43.9 Å². The van der Waals surface area contributed by atoms with Crippen molar-refractivity contribution in [3.8, 4) is 11.5 Å². The van der Waals surface area contributed by atoms with Crippen molar-refractivity contribution in [1.82, 2.24) is 4.90 Å². The van der Waals surface area contributed by atoms with E-state index >= 15 is 0 Å². The molecule has 0 aliphatic carbocycles. The number of rotatable bonds is 5. The van der Waals surface area contributed by atoms with Gasteiger partial charge in [0.15, 0.2) is 26.5 Å². The first-order valence-electron chi connectivity index (χ1n) is 9.47. The van der Waals surface area contributed by atoms with Crippen molar-refractivity contribution in [2.24, 2.45) is 10.4 Å². The van der Waals surface area contributed by atoms with E-state index in [2.05, 4.69) is 4.99 Å². The topological polar surface area (TPSA) is 85.3 Å². The lowest BCUT2D eigenvalue weighted by Gasteiger charge is -2.25. The van der Waals surface area contributed by atoms with Crippen molar-refractivity contribution in [3.05, 3.63) is 23.8 Å². The van der Waals surface area contributed by atoms with Crippen molar-refractivity contribution in [1.29, 1.82) is 0 Å². The van der Waals surface area contributed by atoms with E-state index in [0.29, 0.717) is 29.6 Å². The van der Waals surface area contributed by atoms with Gasteiger partial charge in [0.25, 0.3) is 0 Å². The van der Waals surface area contributed by atoms with Gasteiger partial charge in [0.05, 0.1) is 31.8 Å². The average Bonchev–Trinajstić information content (AvgIpc) is 3.05. The summed E-state index contributed by atoms with van der Waals surface area (Å²) >= 11 is 1.40. The van der Waals surface area contributed by atoms with Crippen LogP contribution in [0.1, 0.15) is 32.8 Å². The van der Waals surface area contributed by atoms with Crippen LogP contribution in [0.15, 0.2) is 23.2 Å². The minimum atomic E-state index is -3.08. The van der Waals surface area contributed by atoms with Gasteiger partial charge in [-0.1, -0.05) is 38.6 Å². The molecule has 2 fully saturated rings. The molecule has 2 aliphatic rings. The fourth-order valence-electron chi connectivity index (χ4n) is 3.60. The number of methoxy groups -OCH3 is 2. The Labute approximate surface area is 176 Å². The first kappa shape index (κ1) is 22.0. The number of carbonyl (C=O) groups is 1. The van der Waals surface area contributed by atoms with Crippen molar-refractivity contribution in [3.63, 3.8) is 0 Å². The number of aliphatic imine (C=N–C) groups is 1. The Morgan fingerprint density at radius 3 is 2.52 bits per heavy atom. The van der Waals surface area contributed by atoms with E-state index < -0.39 is 9.84 Å². The fourth-order valence-corrected chi connectivity index (χ4v) is 7.56. The predicted molar refractivity (Wildman–Crippen MR) is 115 cm³/mol. The van der Waals surface area contributed by atoms with Gasteiger partial charge in [-0.05, 0) is 23.1 Å². The first-order valence-corrected chi connectivity index (χ1v) is 12.2. The Kier molecular flexibility index (Phi) is 6.19. The van der Waals surface area contributed by atoms with E-state index in [9.17, 15) is 13.2 Å². The highest BCUT2D eigenvalue weighted by Crippen LogP contribution is 2.40. The van der Waals surface area contributed by atoms with E-state index in [-0.39, 0.29) is 34.1 Å². The van der Waals surface area contributed by atoms with Crippen molar-refractivity contribution >= 4 is 32.7 Å². The average molecular weight is 441 g/mol. The molecule has 0 aromatic heterocycles. The Bertz CT molecular complexity index is 921. The summed E-state index contributed by atoms with van der Waals surface area (Å²) in [4.78, 5) is 18.8. The largest absolute Gasteiger partial charge is 0.493 e. The van der Waals surface area contributed by atoms with E-state index in [1.54, 1.807) is 14.2 Å². The molecular weight excluding hydrogens is 412 g/mol. The molecule has 1 aromatic rings. The van der Waals surface area contributed by atoms with Gasteiger partial charge in [0.2, 0.25) is 5.91 Å². The lowest BCUT2D eigenvalue weighted by atomic mass is 9.92. The van der Waals surface area contributed by atoms with Crippen LogP contribution in [-0.2, 0) is 21.2 Å². The summed E-state index contributed by atoms with van der Waals surface area (Å²) in [5.74, 6) is 1.26. The van der Waals surface area contributed by atoms with Gasteiger partial charge in [0.1, 0.15) is 0 Å². The zero-order valence-electron chi connectivity index (χ0n) is 17.5. The maximum absolute atomic E-state index is 12.5. The molecule has 2 saturated heterocycles. The molecule has 9 heteroatoms. The third-order valence-corrected chi connectivity index (χ3v) is 8.13. The van der Waals surface area contributed by atoms with Crippen LogP contribution in [0.3, 0.4) is 0 Å². The van der Waals surface area contributed by atoms with Crippen LogP contribution in [0.25, 0.3) is 0 Å². The monoisotopic (exact) mass is 440 g/mol. The summed E-state index contributed by atoms with van der Waals surface area (Å²) in [6.45, 7) is 6.44. The molecule has 3 rings (SSSR count). The van der Waals surface area contributed by atoms with Crippen LogP contribution < -0.4 is 9.47 Å². The smallest absolute Gasteiger partial charge is 0.248 e. The molecule has 2 aliphatic heterocycles. The quantitative estimate of drug-likeness (QED) is 0.696. The molecule has 1 amide bonds. The number of amides is 1. The predicted octanol–water partition coefficient (Wildman–Crippen LogP) is 2.74. The Hall–Kier alpha value is -1.74. The van der Waals surface area contributed by atoms with Gasteiger partial charge in [-0.15, -0.1) is 0 Å². The number of thioether (sulfide) groups is 1. The molecule has 7 nitrogen and oxygen atoms in total. The van der Waals surface area contributed by atoms with Crippen molar-refractivity contribution in [2.75, 3.05) is 25.7 Å². The molecule has 0 unspecified atom stereocenters. The lowest BCUT2D eigenvalue weighted by Crippen LogP contribution is -2.37. The van der Waals surface area contributed by atoms with Crippen LogP contribution in [-0.4, -0.2) is 61.4 Å². The summed E-state index contributed by atoms with van der Waals surface area (Å²) in [7, 11) is 0.0699. The summed E-state index contributed by atoms with van der Waals surface area (Å²) in [6.07, 6.45) is 0.342. The number of carbonyl (C=O) groups excluding carboxylic acids is 1. The third kappa shape index (κ3) is 5.25. The second-order valence-electron chi connectivity index (χ2n) is 8.64. The SMILES string of the molecule is COc1ccc(CN2C(=NC(=O)CC(C)(C)C)S[C@@H]3CS(=O)(=O)C[C@@H]32)cc1OC. The highest BCUT2D eigenvalue weighted by atomic mass is 32.2. The molecule has 160 valence electrons. The van der Waals surface area contributed by atoms with Crippen LogP contribution in [0.5, 0.6) is 11.5 Å². The molecule has 0 saturated carbocycles. The number of sulfone groups is 1. The molecular formula is C20H28N2O5S2. The van der Waals surface area contributed by atoms with Gasteiger partial charge < -0.3 is 14.4 Å². The summed E-state index contributed by atoms with van der Waals surface area (Å²) < 4.78 is 35.0.